The normalized spacial score (nSPS) is 0. The van der Waals surface area contributed by atoms with E-state index in [1.165, 1.54) is 0 Å². The Morgan fingerprint density at radius 2 is 1.00 bits per heavy atom. The van der Waals surface area contributed by atoms with Gasteiger partial charge in [-0.05, 0) is 0 Å². The van der Waals surface area contributed by atoms with Crippen LogP contribution < -0.4 is 0 Å². The molecule has 0 saturated heterocycles. The summed E-state index contributed by atoms with van der Waals surface area (Å²) in [7, 11) is 0. The van der Waals surface area contributed by atoms with Crippen LogP contribution in [0.5, 0.6) is 0 Å². The zero-order valence-corrected chi connectivity index (χ0v) is 6.52. The molecular formula is H2LiOTiZr. The second kappa shape index (κ2) is 19.2. The molecule has 2 N–H and O–H groups in total. The van der Waals surface area contributed by atoms with E-state index in [2.05, 4.69) is 0 Å². The first-order valence-corrected chi connectivity index (χ1v) is 0. The predicted octanol–water partition coefficient (Wildman–Crippen LogP) is -1.21. The standard InChI is InChI=1S/Li.H2O.Ti.Zr/h;1H2;;. The Bertz CT molecular complexity index is 8.00. The second-order valence-corrected chi connectivity index (χ2v) is 0. The Balaban J connectivity index is 0. The Morgan fingerprint density at radius 3 is 1.00 bits per heavy atom. The van der Waals surface area contributed by atoms with Gasteiger partial charge < -0.3 is 5.48 Å². The summed E-state index contributed by atoms with van der Waals surface area (Å²) in [6, 6.07) is 0. The van der Waals surface area contributed by atoms with Gasteiger partial charge in [0.05, 0.1) is 0 Å². The first kappa shape index (κ1) is 35.2. The van der Waals surface area contributed by atoms with Crippen molar-refractivity contribution >= 4 is 18.9 Å². The van der Waals surface area contributed by atoms with Crippen LogP contribution in [-0.2, 0) is 47.9 Å². The Morgan fingerprint density at radius 1 is 1.00 bits per heavy atom. The molecule has 1 nitrogen and oxygen atoms in total. The van der Waals surface area contributed by atoms with E-state index < -0.39 is 0 Å². The van der Waals surface area contributed by atoms with Crippen molar-refractivity contribution in [3.8, 4) is 0 Å². The van der Waals surface area contributed by atoms with Crippen LogP contribution in [0.25, 0.3) is 0 Å². The van der Waals surface area contributed by atoms with E-state index in [4.69, 9.17) is 0 Å². The van der Waals surface area contributed by atoms with Gasteiger partial charge in [-0.2, -0.15) is 0 Å². The van der Waals surface area contributed by atoms with E-state index in [9.17, 15) is 0 Å². The quantitative estimate of drug-likeness (QED) is 0.402. The van der Waals surface area contributed by atoms with Crippen LogP contribution >= 0.6 is 0 Å². The fourth-order valence-electron chi connectivity index (χ4n) is 0. The SMILES string of the molecule is O.[Li].[Ti].[Zr]. The van der Waals surface area contributed by atoms with Crippen LogP contribution in [0, 0.1) is 0 Å². The molecule has 0 fully saturated rings. The summed E-state index contributed by atoms with van der Waals surface area (Å²) in [5, 5.41) is 0. The molecule has 0 aliphatic carbocycles. The van der Waals surface area contributed by atoms with Crippen molar-refractivity contribution in [3.05, 3.63) is 0 Å². The van der Waals surface area contributed by atoms with E-state index in [-0.39, 0.29) is 72.3 Å². The molecule has 0 saturated carbocycles. The zero-order valence-electron chi connectivity index (χ0n) is 2.50. The van der Waals surface area contributed by atoms with Crippen LogP contribution in [0.15, 0.2) is 0 Å². The Labute approximate surface area is 71.4 Å². The topological polar surface area (TPSA) is 31.5 Å². The van der Waals surface area contributed by atoms with E-state index in [1.807, 2.05) is 0 Å². The third kappa shape index (κ3) is 8.91. The molecule has 4 heteroatoms. The summed E-state index contributed by atoms with van der Waals surface area (Å²) < 4.78 is 0. The largest absolute Gasteiger partial charge is 0.412 e. The summed E-state index contributed by atoms with van der Waals surface area (Å²) in [6.07, 6.45) is 0. The van der Waals surface area contributed by atoms with Crippen molar-refractivity contribution in [2.45, 2.75) is 0 Å². The molecule has 0 amide bonds. The van der Waals surface area contributed by atoms with Crippen LogP contribution in [0.2, 0.25) is 0 Å². The van der Waals surface area contributed by atoms with Crippen molar-refractivity contribution in [3.63, 3.8) is 0 Å². The average Bonchev–Trinajstić information content (AvgIpc) is 0. The summed E-state index contributed by atoms with van der Waals surface area (Å²) in [5.74, 6) is 0. The van der Waals surface area contributed by atoms with Crippen LogP contribution in [-0.4, -0.2) is 24.3 Å². The molecule has 17 valence electrons. The number of hydrogen-bond acceptors (Lipinski definition) is 0. The van der Waals surface area contributed by atoms with Gasteiger partial charge in [0.2, 0.25) is 0 Å². The summed E-state index contributed by atoms with van der Waals surface area (Å²) >= 11 is 0. The molecule has 0 aliphatic heterocycles. The maximum atomic E-state index is 0. The van der Waals surface area contributed by atoms with Gasteiger partial charge in [0.15, 0.2) is 0 Å². The van der Waals surface area contributed by atoms with Crippen molar-refractivity contribution in [2.24, 2.45) is 0 Å². The molecule has 0 rings (SSSR count). The van der Waals surface area contributed by atoms with Crippen LogP contribution in [0.3, 0.4) is 0 Å². The number of rotatable bonds is 0. The Kier molecular flexibility index (Phi) is 169. The minimum atomic E-state index is 0. The molecule has 0 atom stereocenters. The van der Waals surface area contributed by atoms with Crippen LogP contribution in [0.4, 0.5) is 0 Å². The van der Waals surface area contributed by atoms with E-state index >= 15 is 0 Å². The molecule has 0 aliphatic rings. The monoisotopic (exact) mass is 163 g/mol. The average molecular weight is 164 g/mol. The first-order chi connectivity index (χ1) is 0. The predicted molar refractivity (Wildman–Crippen MR) is 9.37 cm³/mol. The van der Waals surface area contributed by atoms with Crippen LogP contribution in [0.1, 0.15) is 0 Å². The molecule has 0 bridgehead atoms. The van der Waals surface area contributed by atoms with Gasteiger partial charge in [0.1, 0.15) is 0 Å². The molecular weight excluding hydrogens is 162 g/mol. The molecule has 0 aromatic rings. The van der Waals surface area contributed by atoms with Gasteiger partial charge in [-0.3, -0.25) is 0 Å². The van der Waals surface area contributed by atoms with Crippen molar-refractivity contribution in [1.82, 2.24) is 0 Å². The molecule has 0 aromatic heterocycles. The Hall–Kier alpha value is 2.15. The third-order valence-electron chi connectivity index (χ3n) is 0. The summed E-state index contributed by atoms with van der Waals surface area (Å²) in [4.78, 5) is 0. The van der Waals surface area contributed by atoms with Gasteiger partial charge in [-0.25, -0.2) is 0 Å². The summed E-state index contributed by atoms with van der Waals surface area (Å²) in [5.41, 5.74) is 0. The van der Waals surface area contributed by atoms with Gasteiger partial charge in [-0.1, -0.05) is 0 Å². The maximum Gasteiger partial charge on any atom is 0 e. The third-order valence-corrected chi connectivity index (χ3v) is 0. The van der Waals surface area contributed by atoms with E-state index in [0.717, 1.165) is 0 Å². The minimum Gasteiger partial charge on any atom is -0.412 e. The minimum absolute atomic E-state index is 0. The molecule has 1 radical (unpaired) electrons. The fourth-order valence-corrected chi connectivity index (χ4v) is 0. The summed E-state index contributed by atoms with van der Waals surface area (Å²) in [6.45, 7) is 0. The van der Waals surface area contributed by atoms with E-state index in [0.29, 0.717) is 0 Å². The van der Waals surface area contributed by atoms with Crippen molar-refractivity contribution in [1.29, 1.82) is 0 Å². The van der Waals surface area contributed by atoms with Crippen molar-refractivity contribution < 1.29 is 53.4 Å². The maximum absolute atomic E-state index is 0. The molecule has 0 spiro atoms. The first-order valence-electron chi connectivity index (χ1n) is 0. The number of hydrogen-bond donors (Lipinski definition) is 0. The zero-order chi connectivity index (χ0) is 0. The molecule has 0 heterocycles. The van der Waals surface area contributed by atoms with Gasteiger partial charge in [0.25, 0.3) is 0 Å². The molecule has 4 heavy (non-hydrogen) atoms. The van der Waals surface area contributed by atoms with E-state index in [1.54, 1.807) is 0 Å². The van der Waals surface area contributed by atoms with Crippen molar-refractivity contribution in [2.75, 3.05) is 0 Å². The van der Waals surface area contributed by atoms with Gasteiger partial charge >= 0.3 is 0 Å². The molecule has 0 aromatic carbocycles. The molecule has 0 unspecified atom stereocenters. The van der Waals surface area contributed by atoms with Gasteiger partial charge in [-0.15, -0.1) is 0 Å². The fraction of sp³-hybridized carbons (Fsp3) is 0. The second-order valence-electron chi connectivity index (χ2n) is 0. The van der Waals surface area contributed by atoms with Gasteiger partial charge in [0, 0.05) is 66.8 Å². The smallest absolute Gasteiger partial charge is 0 e.